The number of hydrogen-bond donors (Lipinski definition) is 4. The maximum Gasteiger partial charge on any atom is 0.416 e. The Morgan fingerprint density at radius 3 is 2.24 bits per heavy atom. The number of halogens is 7. The van der Waals surface area contributed by atoms with Gasteiger partial charge in [-0.15, -0.1) is 5.10 Å². The first-order chi connectivity index (χ1) is 19.6. The molecule has 228 valence electrons. The van der Waals surface area contributed by atoms with E-state index in [9.17, 15) is 45.8 Å². The third kappa shape index (κ3) is 8.33. The van der Waals surface area contributed by atoms with E-state index in [-0.39, 0.29) is 23.0 Å². The number of aromatic nitrogens is 3. The summed E-state index contributed by atoms with van der Waals surface area (Å²) in [5.41, 5.74) is -2.72. The van der Waals surface area contributed by atoms with Crippen molar-refractivity contribution in [1.82, 2.24) is 25.0 Å². The second kappa shape index (κ2) is 13.4. The molecule has 0 aliphatic heterocycles. The minimum Gasteiger partial charge on any atom is -0.395 e. The molecular weight excluding hydrogens is 600 g/mol. The van der Waals surface area contributed by atoms with E-state index in [1.54, 1.807) is 0 Å². The molecule has 2 amide bonds. The fourth-order valence-corrected chi connectivity index (χ4v) is 4.05. The zero-order valence-electron chi connectivity index (χ0n) is 21.4. The zero-order chi connectivity index (χ0) is 31.2. The van der Waals surface area contributed by atoms with Crippen LogP contribution in [0.15, 0.2) is 53.3 Å². The standard InChI is InChI=1S/C25H24ClF6N5O5/c26-15-7-5-14(6-8-15)22-35-37(23(42)36(22)12-19(39)25(30,31)32)13-21(41)34-18(11-20(40)33-9-10-38)16-3-1-2-4-17(16)24(27,28)29/h1-8,18-19,38-39H,9-13H2,(H,33,40)(H,34,41)/t18-,19-/m0/s1. The van der Waals surface area contributed by atoms with Gasteiger partial charge >= 0.3 is 18.0 Å². The minimum atomic E-state index is -5.09. The van der Waals surface area contributed by atoms with Crippen LogP contribution in [0.3, 0.4) is 0 Å². The summed E-state index contributed by atoms with van der Waals surface area (Å²) >= 11 is 5.84. The summed E-state index contributed by atoms with van der Waals surface area (Å²) in [7, 11) is 0. The lowest BCUT2D eigenvalue weighted by atomic mass is 9.97. The highest BCUT2D eigenvalue weighted by atomic mass is 35.5. The number of carbonyl (C=O) groups is 2. The molecule has 0 aliphatic rings. The minimum absolute atomic E-state index is 0.113. The van der Waals surface area contributed by atoms with Gasteiger partial charge in [-0.3, -0.25) is 14.2 Å². The normalized spacial score (nSPS) is 13.5. The molecule has 1 aromatic heterocycles. The fraction of sp³-hybridized carbons (Fsp3) is 0.360. The molecule has 4 N–H and O–H groups in total. The van der Waals surface area contributed by atoms with Gasteiger partial charge in [0.25, 0.3) is 0 Å². The lowest BCUT2D eigenvalue weighted by Crippen LogP contribution is -2.40. The second-order valence-corrected chi connectivity index (χ2v) is 9.36. The Labute approximate surface area is 238 Å². The highest BCUT2D eigenvalue weighted by molar-refractivity contribution is 6.30. The number of carbonyl (C=O) groups excluding carboxylic acids is 2. The van der Waals surface area contributed by atoms with Gasteiger partial charge < -0.3 is 20.8 Å². The summed E-state index contributed by atoms with van der Waals surface area (Å²) in [5, 5.41) is 27.2. The number of aliphatic hydroxyl groups is 2. The molecule has 1 heterocycles. The van der Waals surface area contributed by atoms with Gasteiger partial charge in [-0.05, 0) is 35.9 Å². The van der Waals surface area contributed by atoms with Crippen molar-refractivity contribution < 1.29 is 46.1 Å². The van der Waals surface area contributed by atoms with Crippen LogP contribution >= 0.6 is 11.6 Å². The second-order valence-electron chi connectivity index (χ2n) is 8.92. The van der Waals surface area contributed by atoms with Gasteiger partial charge in [0.15, 0.2) is 11.9 Å². The number of nitrogens with one attached hydrogen (secondary N) is 2. The van der Waals surface area contributed by atoms with Crippen LogP contribution in [0.2, 0.25) is 5.02 Å². The molecule has 0 saturated heterocycles. The van der Waals surface area contributed by atoms with Crippen LogP contribution in [-0.4, -0.2) is 61.8 Å². The molecule has 0 spiro atoms. The SMILES string of the molecule is O=C(C[C@H](NC(=O)Cn1nc(-c2ccc(Cl)cc2)n(C[C@H](O)C(F)(F)F)c1=O)c1ccccc1C(F)(F)F)NCCO. The van der Waals surface area contributed by atoms with Crippen molar-refractivity contribution in [2.75, 3.05) is 13.2 Å². The molecule has 0 saturated carbocycles. The summed E-state index contributed by atoms with van der Waals surface area (Å²) < 4.78 is 81.3. The van der Waals surface area contributed by atoms with Crippen molar-refractivity contribution in [2.45, 2.75) is 44.0 Å². The number of nitrogens with zero attached hydrogens (tertiary/aromatic N) is 3. The Kier molecular flexibility index (Phi) is 10.4. The average molecular weight is 624 g/mol. The molecule has 17 heteroatoms. The van der Waals surface area contributed by atoms with Gasteiger partial charge in [0.2, 0.25) is 11.8 Å². The van der Waals surface area contributed by atoms with Crippen LogP contribution in [0.1, 0.15) is 23.6 Å². The van der Waals surface area contributed by atoms with Crippen molar-refractivity contribution >= 4 is 23.4 Å². The molecular formula is C25H24ClF6N5O5. The molecule has 3 rings (SSSR count). The van der Waals surface area contributed by atoms with E-state index >= 15 is 0 Å². The third-order valence-corrected chi connectivity index (χ3v) is 6.10. The fourth-order valence-electron chi connectivity index (χ4n) is 3.92. The number of hydrogen-bond acceptors (Lipinski definition) is 6. The first-order valence-electron chi connectivity index (χ1n) is 12.1. The number of alkyl halides is 6. The average Bonchev–Trinajstić information content (AvgIpc) is 3.20. The molecule has 10 nitrogen and oxygen atoms in total. The molecule has 3 aromatic rings. The van der Waals surface area contributed by atoms with Gasteiger partial charge in [0, 0.05) is 17.1 Å². The molecule has 2 atom stereocenters. The maximum atomic E-state index is 13.7. The van der Waals surface area contributed by atoms with Crippen molar-refractivity contribution in [2.24, 2.45) is 0 Å². The number of aliphatic hydroxyl groups excluding tert-OH is 2. The molecule has 2 aromatic carbocycles. The van der Waals surface area contributed by atoms with Crippen LogP contribution in [0.4, 0.5) is 26.3 Å². The first kappa shape index (κ1) is 32.6. The quantitative estimate of drug-likeness (QED) is 0.242. The Morgan fingerprint density at radius 2 is 1.64 bits per heavy atom. The zero-order valence-corrected chi connectivity index (χ0v) is 22.2. The highest BCUT2D eigenvalue weighted by Crippen LogP contribution is 2.35. The van der Waals surface area contributed by atoms with Crippen LogP contribution in [-0.2, 0) is 28.9 Å². The van der Waals surface area contributed by atoms with Crippen LogP contribution < -0.4 is 16.3 Å². The Bertz CT molecular complexity index is 1460. The van der Waals surface area contributed by atoms with E-state index in [2.05, 4.69) is 15.7 Å². The number of amides is 2. The monoisotopic (exact) mass is 623 g/mol. The topological polar surface area (TPSA) is 138 Å². The largest absolute Gasteiger partial charge is 0.416 e. The highest BCUT2D eigenvalue weighted by Gasteiger charge is 2.40. The van der Waals surface area contributed by atoms with E-state index in [0.29, 0.717) is 9.25 Å². The van der Waals surface area contributed by atoms with Crippen LogP contribution in [0.25, 0.3) is 11.4 Å². The van der Waals surface area contributed by atoms with Crippen molar-refractivity contribution in [3.63, 3.8) is 0 Å². The molecule has 0 bridgehead atoms. The van der Waals surface area contributed by atoms with Gasteiger partial charge in [0.05, 0.1) is 31.2 Å². The maximum absolute atomic E-state index is 13.7. The lowest BCUT2D eigenvalue weighted by molar-refractivity contribution is -0.207. The predicted octanol–water partition coefficient (Wildman–Crippen LogP) is 2.66. The predicted molar refractivity (Wildman–Crippen MR) is 136 cm³/mol. The lowest BCUT2D eigenvalue weighted by Gasteiger charge is -2.22. The Morgan fingerprint density at radius 1 is 1.00 bits per heavy atom. The van der Waals surface area contributed by atoms with E-state index < -0.39 is 79.2 Å². The number of benzene rings is 2. The molecule has 0 fully saturated rings. The van der Waals surface area contributed by atoms with Crippen molar-refractivity contribution in [3.05, 3.63) is 75.2 Å². The van der Waals surface area contributed by atoms with E-state index in [0.717, 1.165) is 18.2 Å². The summed E-state index contributed by atoms with van der Waals surface area (Å²) in [6.45, 7) is -2.89. The summed E-state index contributed by atoms with van der Waals surface area (Å²) in [5.74, 6) is -2.26. The number of rotatable bonds is 11. The third-order valence-electron chi connectivity index (χ3n) is 5.85. The van der Waals surface area contributed by atoms with Gasteiger partial charge in [0.1, 0.15) is 6.54 Å². The van der Waals surface area contributed by atoms with Crippen LogP contribution in [0.5, 0.6) is 0 Å². The Balaban J connectivity index is 1.97. The Hall–Kier alpha value is -3.89. The molecule has 0 aliphatic carbocycles. The molecule has 0 unspecified atom stereocenters. The van der Waals surface area contributed by atoms with Crippen molar-refractivity contribution in [3.8, 4) is 11.4 Å². The summed E-state index contributed by atoms with van der Waals surface area (Å²) in [4.78, 5) is 38.3. The van der Waals surface area contributed by atoms with E-state index in [1.807, 2.05) is 0 Å². The molecule has 0 radical (unpaired) electrons. The van der Waals surface area contributed by atoms with E-state index in [1.165, 1.54) is 30.3 Å². The first-order valence-corrected chi connectivity index (χ1v) is 12.5. The van der Waals surface area contributed by atoms with E-state index in [4.69, 9.17) is 16.7 Å². The van der Waals surface area contributed by atoms with Gasteiger partial charge in [-0.25, -0.2) is 9.48 Å². The van der Waals surface area contributed by atoms with Gasteiger partial charge in [-0.2, -0.15) is 26.3 Å². The summed E-state index contributed by atoms with van der Waals surface area (Å²) in [6.07, 6.45) is -13.6. The van der Waals surface area contributed by atoms with Crippen LogP contribution in [0, 0.1) is 0 Å². The van der Waals surface area contributed by atoms with Gasteiger partial charge in [-0.1, -0.05) is 29.8 Å². The van der Waals surface area contributed by atoms with Crippen molar-refractivity contribution in [1.29, 1.82) is 0 Å². The summed E-state index contributed by atoms with van der Waals surface area (Å²) in [6, 6.07) is 7.99. The smallest absolute Gasteiger partial charge is 0.395 e. The molecule has 42 heavy (non-hydrogen) atoms.